The van der Waals surface area contributed by atoms with E-state index < -0.39 is 23.6 Å². The van der Waals surface area contributed by atoms with Crippen molar-refractivity contribution in [2.75, 3.05) is 35.0 Å². The Labute approximate surface area is 186 Å². The maximum Gasteiger partial charge on any atom is 0.314 e. The molecule has 2 aromatic carbocycles. The molecule has 0 amide bonds. The van der Waals surface area contributed by atoms with Gasteiger partial charge in [0.15, 0.2) is 28.8 Å². The molecule has 0 aromatic heterocycles. The fourth-order valence-corrected chi connectivity index (χ4v) is 4.06. The summed E-state index contributed by atoms with van der Waals surface area (Å²) in [4.78, 5) is 26.3. The fraction of sp³-hybridized carbons (Fsp3) is 0.333. The van der Waals surface area contributed by atoms with E-state index >= 15 is 0 Å². The summed E-state index contributed by atoms with van der Waals surface area (Å²) in [5.41, 5.74) is 1.44. The Morgan fingerprint density at radius 2 is 1.53 bits per heavy atom. The Morgan fingerprint density at radius 1 is 0.938 bits per heavy atom. The van der Waals surface area contributed by atoms with Gasteiger partial charge in [0.2, 0.25) is 0 Å². The van der Waals surface area contributed by atoms with Crippen LogP contribution in [0, 0.1) is 5.92 Å². The Kier molecular flexibility index (Phi) is 6.92. The monoisotopic (exact) mass is 442 g/mol. The van der Waals surface area contributed by atoms with Crippen molar-refractivity contribution < 1.29 is 38.4 Å². The van der Waals surface area contributed by atoms with Crippen molar-refractivity contribution >= 4 is 11.8 Å². The van der Waals surface area contributed by atoms with Gasteiger partial charge >= 0.3 is 5.97 Å². The number of hydrogen-bond donors (Lipinski definition) is 1. The van der Waals surface area contributed by atoms with E-state index in [1.165, 1.54) is 28.4 Å². The minimum absolute atomic E-state index is 0.0667. The summed E-state index contributed by atoms with van der Waals surface area (Å²) in [6.07, 6.45) is 0.678. The number of benzene rings is 2. The van der Waals surface area contributed by atoms with Gasteiger partial charge in [-0.2, -0.15) is 0 Å². The minimum Gasteiger partial charge on any atom is -0.515 e. The van der Waals surface area contributed by atoms with Crippen LogP contribution in [-0.2, 0) is 9.53 Å². The molecule has 0 saturated heterocycles. The van der Waals surface area contributed by atoms with Gasteiger partial charge in [0.1, 0.15) is 0 Å². The summed E-state index contributed by atoms with van der Waals surface area (Å²) in [5, 5.41) is 9.96. The average molecular weight is 442 g/mol. The quantitative estimate of drug-likeness (QED) is 0.394. The first-order valence-corrected chi connectivity index (χ1v) is 9.99. The molecule has 8 heteroatoms. The third-order valence-electron chi connectivity index (χ3n) is 5.51. The van der Waals surface area contributed by atoms with Gasteiger partial charge in [-0.1, -0.05) is 6.07 Å². The predicted molar refractivity (Wildman–Crippen MR) is 116 cm³/mol. The van der Waals surface area contributed by atoms with Gasteiger partial charge in [0, 0.05) is 17.1 Å². The van der Waals surface area contributed by atoms with E-state index in [9.17, 15) is 14.7 Å². The van der Waals surface area contributed by atoms with Crippen LogP contribution >= 0.6 is 0 Å². The molecule has 2 atom stereocenters. The molecule has 1 N–H and O–H groups in total. The number of aliphatic hydroxyl groups excluding tert-OH is 1. The van der Waals surface area contributed by atoms with Crippen molar-refractivity contribution in [2.24, 2.45) is 5.92 Å². The third-order valence-corrected chi connectivity index (χ3v) is 5.51. The molecule has 0 unspecified atom stereocenters. The molecule has 3 rings (SSSR count). The van der Waals surface area contributed by atoms with Crippen LogP contribution in [0.3, 0.4) is 0 Å². The van der Waals surface area contributed by atoms with Crippen molar-refractivity contribution in [3.05, 3.63) is 58.9 Å². The second-order valence-electron chi connectivity index (χ2n) is 7.03. The predicted octanol–water partition coefficient (Wildman–Crippen LogP) is 3.67. The molecule has 0 bridgehead atoms. The van der Waals surface area contributed by atoms with Gasteiger partial charge < -0.3 is 28.8 Å². The van der Waals surface area contributed by atoms with E-state index in [-0.39, 0.29) is 12.2 Å². The Bertz CT molecular complexity index is 1060. The van der Waals surface area contributed by atoms with E-state index in [1.54, 1.807) is 37.3 Å². The number of hydrogen-bond acceptors (Lipinski definition) is 8. The number of aliphatic hydroxyl groups is 1. The largest absolute Gasteiger partial charge is 0.515 e. The van der Waals surface area contributed by atoms with Gasteiger partial charge in [-0.05, 0) is 42.3 Å². The van der Waals surface area contributed by atoms with Gasteiger partial charge in [0.05, 0.1) is 47.2 Å². The molecule has 8 nitrogen and oxygen atoms in total. The maximum absolute atomic E-state index is 13.3. The first kappa shape index (κ1) is 23.0. The number of fused-ring (bicyclic) bond motifs is 1. The molecule has 1 aliphatic rings. The topological polar surface area (TPSA) is 101 Å². The van der Waals surface area contributed by atoms with Crippen molar-refractivity contribution in [3.63, 3.8) is 0 Å². The minimum atomic E-state index is -1.07. The second kappa shape index (κ2) is 9.64. The van der Waals surface area contributed by atoms with Crippen LogP contribution in [0.25, 0.3) is 0 Å². The lowest BCUT2D eigenvalue weighted by atomic mass is 9.68. The third kappa shape index (κ3) is 3.84. The standard InChI is InChI=1S/C24H26O8/c1-6-32-24(27)22-16(12-25)23(26)15-11-20(31-5)19(30-4)10-14(15)21(22)13-7-8-17(28-2)18(9-13)29-3/h7-12,21-22,25H,6H2,1-5H3/b16-12-/t21-,22+/m0/s1. The summed E-state index contributed by atoms with van der Waals surface area (Å²) in [6, 6.07) is 8.46. The zero-order valence-electron chi connectivity index (χ0n) is 18.6. The number of ketones is 1. The molecular weight excluding hydrogens is 416 g/mol. The number of esters is 1. The first-order chi connectivity index (χ1) is 15.4. The van der Waals surface area contributed by atoms with Crippen LogP contribution in [0.2, 0.25) is 0 Å². The van der Waals surface area contributed by atoms with Gasteiger partial charge in [-0.3, -0.25) is 9.59 Å². The zero-order valence-corrected chi connectivity index (χ0v) is 18.6. The number of carbonyl (C=O) groups excluding carboxylic acids is 2. The number of ether oxygens (including phenoxy) is 5. The molecule has 0 aliphatic heterocycles. The van der Waals surface area contributed by atoms with Crippen molar-refractivity contribution in [1.29, 1.82) is 0 Å². The van der Waals surface area contributed by atoms with Gasteiger partial charge in [-0.15, -0.1) is 0 Å². The molecule has 32 heavy (non-hydrogen) atoms. The first-order valence-electron chi connectivity index (χ1n) is 9.99. The van der Waals surface area contributed by atoms with Crippen molar-refractivity contribution in [1.82, 2.24) is 0 Å². The van der Waals surface area contributed by atoms with E-state index in [1.807, 2.05) is 0 Å². The summed E-state index contributed by atoms with van der Waals surface area (Å²) in [5.74, 6) is -1.11. The van der Waals surface area contributed by atoms with Crippen LogP contribution in [-0.4, -0.2) is 51.9 Å². The Morgan fingerprint density at radius 3 is 2.09 bits per heavy atom. The molecule has 170 valence electrons. The highest BCUT2D eigenvalue weighted by Crippen LogP contribution is 2.48. The normalized spacial score (nSPS) is 18.7. The van der Waals surface area contributed by atoms with Crippen LogP contribution in [0.1, 0.15) is 34.3 Å². The van der Waals surface area contributed by atoms with Crippen LogP contribution < -0.4 is 18.9 Å². The van der Waals surface area contributed by atoms with Crippen molar-refractivity contribution in [3.8, 4) is 23.0 Å². The number of rotatable bonds is 7. The lowest BCUT2D eigenvalue weighted by Crippen LogP contribution is -2.35. The maximum atomic E-state index is 13.3. The number of carbonyl (C=O) groups is 2. The highest BCUT2D eigenvalue weighted by Gasteiger charge is 2.45. The fourth-order valence-electron chi connectivity index (χ4n) is 4.06. The lowest BCUT2D eigenvalue weighted by molar-refractivity contribution is -0.147. The lowest BCUT2D eigenvalue weighted by Gasteiger charge is -2.34. The average Bonchev–Trinajstić information content (AvgIpc) is 2.82. The van der Waals surface area contributed by atoms with Gasteiger partial charge in [0.25, 0.3) is 0 Å². The molecule has 0 heterocycles. The molecule has 0 spiro atoms. The van der Waals surface area contributed by atoms with Crippen LogP contribution in [0.5, 0.6) is 23.0 Å². The molecule has 1 aliphatic carbocycles. The molecule has 0 radical (unpaired) electrons. The van der Waals surface area contributed by atoms with Crippen LogP contribution in [0.4, 0.5) is 0 Å². The highest BCUT2D eigenvalue weighted by molar-refractivity contribution is 6.14. The van der Waals surface area contributed by atoms with E-state index in [0.717, 1.165) is 0 Å². The SMILES string of the molecule is CCOC(=O)[C@@H]1/C(=C/O)C(=O)c2cc(OC)c(OC)cc2[C@@H]1c1ccc(OC)c(OC)c1. The molecular formula is C24H26O8. The Hall–Kier alpha value is -3.68. The molecule has 0 fully saturated rings. The van der Waals surface area contributed by atoms with E-state index in [2.05, 4.69) is 0 Å². The molecule has 0 saturated carbocycles. The zero-order chi connectivity index (χ0) is 23.4. The second-order valence-corrected chi connectivity index (χ2v) is 7.03. The summed E-state index contributed by atoms with van der Waals surface area (Å²) in [6.45, 7) is 1.80. The Balaban J connectivity index is 2.34. The summed E-state index contributed by atoms with van der Waals surface area (Å²) in [7, 11) is 5.99. The smallest absolute Gasteiger partial charge is 0.314 e. The van der Waals surface area contributed by atoms with Crippen molar-refractivity contribution in [2.45, 2.75) is 12.8 Å². The number of methoxy groups -OCH3 is 4. The number of Topliss-reactive ketones (excluding diaryl/α,β-unsaturated/α-hetero) is 1. The molecule has 2 aromatic rings. The van der Waals surface area contributed by atoms with E-state index in [0.29, 0.717) is 46.0 Å². The van der Waals surface area contributed by atoms with Crippen LogP contribution in [0.15, 0.2) is 42.2 Å². The van der Waals surface area contributed by atoms with Gasteiger partial charge in [-0.25, -0.2) is 0 Å². The van der Waals surface area contributed by atoms with E-state index in [4.69, 9.17) is 23.7 Å². The summed E-state index contributed by atoms with van der Waals surface area (Å²) < 4.78 is 26.8. The summed E-state index contributed by atoms with van der Waals surface area (Å²) >= 11 is 0. The highest BCUT2D eigenvalue weighted by atomic mass is 16.5.